The van der Waals surface area contributed by atoms with Crippen LogP contribution in [0.5, 0.6) is 23.0 Å². The number of rotatable bonds is 6. The van der Waals surface area contributed by atoms with Crippen LogP contribution in [0, 0.1) is 0 Å². The normalized spacial score (nSPS) is 12.7. The first kappa shape index (κ1) is 41.9. The molecule has 0 heterocycles. The summed E-state index contributed by atoms with van der Waals surface area (Å²) < 4.78 is 0. The molecule has 0 saturated carbocycles. The Balaban J connectivity index is 1.27. The lowest BCUT2D eigenvalue weighted by Crippen LogP contribution is -2.13. The minimum Gasteiger partial charge on any atom is -0.507 e. The molecule has 58 heavy (non-hydrogen) atoms. The largest absolute Gasteiger partial charge is 0.507 e. The third-order valence-electron chi connectivity index (χ3n) is 11.1. The zero-order valence-corrected chi connectivity index (χ0v) is 36.3. The van der Waals surface area contributed by atoms with Gasteiger partial charge in [-0.25, -0.2) is 0 Å². The van der Waals surface area contributed by atoms with Crippen molar-refractivity contribution < 1.29 is 20.4 Å². The van der Waals surface area contributed by atoms with E-state index < -0.39 is 0 Å². The Morgan fingerprint density at radius 1 is 0.310 bits per heavy atom. The molecule has 4 heteroatoms. The minimum absolute atomic E-state index is 0.105. The van der Waals surface area contributed by atoms with Crippen molar-refractivity contribution in [2.75, 3.05) is 0 Å². The lowest BCUT2D eigenvalue weighted by atomic mass is 9.79. The molecule has 6 aromatic carbocycles. The summed E-state index contributed by atoms with van der Waals surface area (Å²) >= 11 is 0. The van der Waals surface area contributed by atoms with Crippen molar-refractivity contribution in [1.82, 2.24) is 0 Å². The molecule has 6 rings (SSSR count). The van der Waals surface area contributed by atoms with Gasteiger partial charge in [-0.05, 0) is 126 Å². The Hall–Kier alpha value is -5.74. The van der Waals surface area contributed by atoms with Gasteiger partial charge in [0, 0.05) is 22.3 Å². The van der Waals surface area contributed by atoms with Crippen LogP contribution in [-0.2, 0) is 21.7 Å². The summed E-state index contributed by atoms with van der Waals surface area (Å²) in [6, 6.07) is 35.7. The van der Waals surface area contributed by atoms with Crippen molar-refractivity contribution in [2.45, 2.75) is 105 Å². The average molecular weight is 773 g/mol. The molecule has 0 aliphatic heterocycles. The molecular weight excluding hydrogens is 713 g/mol. The number of hydrogen-bond acceptors (Lipinski definition) is 4. The maximum atomic E-state index is 11.4. The molecule has 0 bridgehead atoms. The van der Waals surface area contributed by atoms with Crippen LogP contribution in [0.25, 0.3) is 56.7 Å². The summed E-state index contributed by atoms with van der Waals surface area (Å²) in [5, 5.41) is 44.6. The van der Waals surface area contributed by atoms with Gasteiger partial charge in [0.05, 0.1) is 0 Å². The molecule has 300 valence electrons. The Morgan fingerprint density at radius 3 is 0.914 bits per heavy atom. The summed E-state index contributed by atoms with van der Waals surface area (Å²) in [5.41, 5.74) is 12.2. The first-order chi connectivity index (χ1) is 26.9. The highest BCUT2D eigenvalue weighted by molar-refractivity contribution is 5.85. The smallest absolute Gasteiger partial charge is 0.124 e. The molecule has 0 aromatic heterocycles. The van der Waals surface area contributed by atoms with E-state index in [0.29, 0.717) is 22.3 Å². The van der Waals surface area contributed by atoms with Crippen molar-refractivity contribution in [3.05, 3.63) is 143 Å². The van der Waals surface area contributed by atoms with E-state index in [1.165, 1.54) is 0 Å². The van der Waals surface area contributed by atoms with E-state index in [0.717, 1.165) is 55.6 Å². The Kier molecular flexibility index (Phi) is 11.0. The van der Waals surface area contributed by atoms with Crippen LogP contribution in [0.2, 0.25) is 0 Å². The predicted molar refractivity (Wildman–Crippen MR) is 245 cm³/mol. The number of phenolic OH excluding ortho intramolecular Hbond substituents is 4. The van der Waals surface area contributed by atoms with Gasteiger partial charge in [0.25, 0.3) is 0 Å². The molecule has 4 N–H and O–H groups in total. The molecule has 0 radical (unpaired) electrons. The van der Waals surface area contributed by atoms with Crippen LogP contribution in [0.15, 0.2) is 109 Å². The maximum Gasteiger partial charge on any atom is 0.124 e. The van der Waals surface area contributed by atoms with Gasteiger partial charge >= 0.3 is 0 Å². The van der Waals surface area contributed by atoms with E-state index in [9.17, 15) is 20.4 Å². The molecule has 0 atom stereocenters. The van der Waals surface area contributed by atoms with Crippen molar-refractivity contribution in [2.24, 2.45) is 0 Å². The second-order valence-electron chi connectivity index (χ2n) is 19.9. The Labute approximate surface area is 346 Å². The van der Waals surface area contributed by atoms with Crippen molar-refractivity contribution >= 4 is 12.2 Å². The molecule has 4 nitrogen and oxygen atoms in total. The standard InChI is InChI=1S/C54H60O4/c1-51(2,3)37-23-25-47(55)41(27-37)43-29-45(53(7,8)9)39(31-49(43)57)35-19-15-33(16-20-35)13-14-34-17-21-36(22-18-34)40-32-50(58)44(30-46(40)54(10,11)12)42-28-38(52(4,5)6)24-26-48(42)56/h13-32,55-58H,1-12H3/b14-13+. The minimum atomic E-state index is -0.227. The molecule has 0 fully saturated rings. The zero-order chi connectivity index (χ0) is 42.5. The van der Waals surface area contributed by atoms with Gasteiger partial charge < -0.3 is 20.4 Å². The van der Waals surface area contributed by atoms with E-state index in [4.69, 9.17) is 0 Å². The van der Waals surface area contributed by atoms with Crippen molar-refractivity contribution in [3.8, 4) is 67.5 Å². The monoisotopic (exact) mass is 772 g/mol. The summed E-state index contributed by atoms with van der Waals surface area (Å²) in [4.78, 5) is 0. The van der Waals surface area contributed by atoms with Crippen LogP contribution in [-0.4, -0.2) is 20.4 Å². The third kappa shape index (κ3) is 8.87. The fourth-order valence-corrected chi connectivity index (χ4v) is 7.50. The van der Waals surface area contributed by atoms with Crippen LogP contribution >= 0.6 is 0 Å². The van der Waals surface area contributed by atoms with Gasteiger partial charge in [0.2, 0.25) is 0 Å². The molecule has 0 spiro atoms. The number of phenols is 4. The highest BCUT2D eigenvalue weighted by Gasteiger charge is 2.26. The molecule has 0 aliphatic carbocycles. The average Bonchev–Trinajstić information content (AvgIpc) is 3.13. The maximum absolute atomic E-state index is 11.4. The SMILES string of the molecule is CC(C)(C)c1ccc(O)c(-c2cc(C(C)(C)C)c(-c3ccc(/C=C/c4ccc(-c5cc(O)c(-c6cc(C(C)(C)C)ccc6O)cc5C(C)(C)C)cc4)cc3)cc2O)c1. The van der Waals surface area contributed by atoms with Crippen LogP contribution in [0.3, 0.4) is 0 Å². The van der Waals surface area contributed by atoms with Gasteiger partial charge in [-0.15, -0.1) is 0 Å². The Bertz CT molecular complexity index is 2310. The molecule has 0 saturated heterocycles. The quantitative estimate of drug-likeness (QED) is 0.127. The van der Waals surface area contributed by atoms with Crippen LogP contribution in [0.4, 0.5) is 0 Å². The van der Waals surface area contributed by atoms with Gasteiger partial charge in [-0.1, -0.05) is 156 Å². The summed E-state index contributed by atoms with van der Waals surface area (Å²) in [6.45, 7) is 25.8. The molecule has 0 amide bonds. The van der Waals surface area contributed by atoms with E-state index in [2.05, 4.69) is 144 Å². The number of hydrogen-bond donors (Lipinski definition) is 4. The van der Waals surface area contributed by atoms with Gasteiger partial charge in [-0.3, -0.25) is 0 Å². The van der Waals surface area contributed by atoms with Gasteiger partial charge in [-0.2, -0.15) is 0 Å². The molecule has 6 aromatic rings. The lowest BCUT2D eigenvalue weighted by molar-refractivity contribution is 0.467. The summed E-state index contributed by atoms with van der Waals surface area (Å²) in [5.74, 6) is 0.542. The fourth-order valence-electron chi connectivity index (χ4n) is 7.50. The third-order valence-corrected chi connectivity index (χ3v) is 11.1. The van der Waals surface area contributed by atoms with Crippen molar-refractivity contribution in [3.63, 3.8) is 0 Å². The van der Waals surface area contributed by atoms with E-state index >= 15 is 0 Å². The number of benzene rings is 6. The van der Waals surface area contributed by atoms with Crippen LogP contribution < -0.4 is 0 Å². The van der Waals surface area contributed by atoms with Gasteiger partial charge in [0.15, 0.2) is 0 Å². The lowest BCUT2D eigenvalue weighted by Gasteiger charge is -2.26. The molecule has 0 unspecified atom stereocenters. The van der Waals surface area contributed by atoms with E-state index in [1.807, 2.05) is 48.5 Å². The van der Waals surface area contributed by atoms with E-state index in [1.54, 1.807) is 12.1 Å². The highest BCUT2D eigenvalue weighted by atomic mass is 16.3. The van der Waals surface area contributed by atoms with Gasteiger partial charge in [0.1, 0.15) is 23.0 Å². The Morgan fingerprint density at radius 2 is 0.621 bits per heavy atom. The fraction of sp³-hybridized carbons (Fsp3) is 0.296. The molecular formula is C54H60O4. The number of aromatic hydroxyl groups is 4. The van der Waals surface area contributed by atoms with Crippen LogP contribution in [0.1, 0.15) is 116 Å². The molecule has 0 aliphatic rings. The highest BCUT2D eigenvalue weighted by Crippen LogP contribution is 2.46. The summed E-state index contributed by atoms with van der Waals surface area (Å²) in [7, 11) is 0. The first-order valence-electron chi connectivity index (χ1n) is 20.2. The predicted octanol–water partition coefficient (Wildman–Crippen LogP) is 14.5. The zero-order valence-electron chi connectivity index (χ0n) is 36.3. The summed E-state index contributed by atoms with van der Waals surface area (Å²) in [6.07, 6.45) is 4.18. The second-order valence-corrected chi connectivity index (χ2v) is 19.9. The van der Waals surface area contributed by atoms with E-state index in [-0.39, 0.29) is 44.7 Å². The second kappa shape index (κ2) is 15.2. The topological polar surface area (TPSA) is 80.9 Å². The first-order valence-corrected chi connectivity index (χ1v) is 20.2. The van der Waals surface area contributed by atoms with Crippen molar-refractivity contribution in [1.29, 1.82) is 0 Å².